The summed E-state index contributed by atoms with van der Waals surface area (Å²) in [5, 5.41) is 0.637. The average Bonchev–Trinajstić information content (AvgIpc) is 2.99. The molecule has 0 radical (unpaired) electrons. The second-order valence-electron chi connectivity index (χ2n) is 8.50. The van der Waals surface area contributed by atoms with E-state index in [1.807, 2.05) is 31.3 Å². The molecule has 0 atom stereocenters. The molecule has 7 nitrogen and oxygen atoms in total. The van der Waals surface area contributed by atoms with E-state index < -0.39 is 0 Å². The number of benzene rings is 1. The Morgan fingerprint density at radius 2 is 1.97 bits per heavy atom. The van der Waals surface area contributed by atoms with E-state index in [2.05, 4.69) is 19.4 Å². The Balaban J connectivity index is 1.32. The molecule has 162 valence electrons. The Morgan fingerprint density at radius 1 is 1.13 bits per heavy atom. The predicted molar refractivity (Wildman–Crippen MR) is 123 cm³/mol. The lowest BCUT2D eigenvalue weighted by molar-refractivity contribution is -0.122. The predicted octanol–water partition coefficient (Wildman–Crippen LogP) is 4.09. The van der Waals surface area contributed by atoms with Gasteiger partial charge < -0.3 is 14.4 Å². The van der Waals surface area contributed by atoms with Crippen LogP contribution in [0.15, 0.2) is 30.6 Å². The minimum absolute atomic E-state index is 0.00345. The Kier molecular flexibility index (Phi) is 5.52. The number of nitrogens with zero attached hydrogens (tertiary/aromatic N) is 6. The Hall–Kier alpha value is -2.67. The van der Waals surface area contributed by atoms with Crippen LogP contribution in [-0.4, -0.2) is 45.6 Å². The van der Waals surface area contributed by atoms with Gasteiger partial charge in [0.2, 0.25) is 5.91 Å². The molecule has 31 heavy (non-hydrogen) atoms. The lowest BCUT2D eigenvalue weighted by atomic mass is 9.95. The van der Waals surface area contributed by atoms with Crippen LogP contribution >= 0.6 is 11.6 Å². The van der Waals surface area contributed by atoms with Gasteiger partial charge in [-0.2, -0.15) is 0 Å². The van der Waals surface area contributed by atoms with Crippen LogP contribution in [-0.2, 0) is 17.8 Å². The maximum Gasteiger partial charge on any atom is 0.229 e. The molecule has 1 aromatic carbocycles. The highest BCUT2D eigenvalue weighted by Gasteiger charge is 2.30. The van der Waals surface area contributed by atoms with Crippen LogP contribution in [0.4, 0.5) is 11.5 Å². The Labute approximate surface area is 187 Å². The van der Waals surface area contributed by atoms with Crippen molar-refractivity contribution in [3.63, 3.8) is 0 Å². The third-order valence-corrected chi connectivity index (χ3v) is 6.78. The fraction of sp³-hybridized carbons (Fsp3) is 0.478. The number of carbonyl (C=O) groups excluding carboxylic acids is 1. The SMILES string of the molecule is CN(C(=O)C1CCN(c2ncnc3c2nc2n3CCCCC2)CC1)c1cccc(Cl)c1. The fourth-order valence-corrected chi connectivity index (χ4v) is 4.97. The van der Waals surface area contributed by atoms with Crippen molar-refractivity contribution >= 4 is 40.2 Å². The number of aryl methyl sites for hydroxylation is 2. The summed E-state index contributed by atoms with van der Waals surface area (Å²) >= 11 is 6.10. The quantitative estimate of drug-likeness (QED) is 0.616. The highest BCUT2D eigenvalue weighted by molar-refractivity contribution is 6.30. The normalized spacial score (nSPS) is 17.4. The lowest BCUT2D eigenvalue weighted by Gasteiger charge is -2.33. The lowest BCUT2D eigenvalue weighted by Crippen LogP contribution is -2.41. The molecule has 0 aliphatic carbocycles. The number of aromatic nitrogens is 4. The van der Waals surface area contributed by atoms with E-state index in [0.717, 1.165) is 67.4 Å². The summed E-state index contributed by atoms with van der Waals surface area (Å²) in [4.78, 5) is 31.1. The van der Waals surface area contributed by atoms with E-state index in [0.29, 0.717) is 5.02 Å². The summed E-state index contributed by atoms with van der Waals surface area (Å²) in [5.41, 5.74) is 2.68. The van der Waals surface area contributed by atoms with Crippen molar-refractivity contribution in [2.24, 2.45) is 5.92 Å². The number of fused-ring (bicyclic) bond motifs is 3. The van der Waals surface area contributed by atoms with Gasteiger partial charge in [0.15, 0.2) is 17.0 Å². The average molecular weight is 439 g/mol. The maximum absolute atomic E-state index is 13.1. The molecule has 0 unspecified atom stereocenters. The van der Waals surface area contributed by atoms with Gasteiger partial charge in [0.25, 0.3) is 0 Å². The van der Waals surface area contributed by atoms with Gasteiger partial charge in [-0.15, -0.1) is 0 Å². The second-order valence-corrected chi connectivity index (χ2v) is 8.93. The van der Waals surface area contributed by atoms with Crippen molar-refractivity contribution in [3.8, 4) is 0 Å². The van der Waals surface area contributed by atoms with Crippen molar-refractivity contribution < 1.29 is 4.79 Å². The molecule has 2 aliphatic rings. The first-order chi connectivity index (χ1) is 15.1. The Bertz CT molecular complexity index is 1100. The van der Waals surface area contributed by atoms with Gasteiger partial charge in [-0.25, -0.2) is 15.0 Å². The zero-order chi connectivity index (χ0) is 21.4. The molecule has 8 heteroatoms. The molecule has 0 bridgehead atoms. The van der Waals surface area contributed by atoms with Gasteiger partial charge in [0, 0.05) is 49.7 Å². The van der Waals surface area contributed by atoms with Crippen LogP contribution in [0, 0.1) is 5.92 Å². The van der Waals surface area contributed by atoms with Crippen molar-refractivity contribution in [2.45, 2.75) is 45.1 Å². The van der Waals surface area contributed by atoms with Gasteiger partial charge in [-0.05, 0) is 43.9 Å². The van der Waals surface area contributed by atoms with Crippen LogP contribution in [0.25, 0.3) is 11.2 Å². The zero-order valence-corrected chi connectivity index (χ0v) is 18.6. The molecule has 5 rings (SSSR count). The molecule has 1 amide bonds. The largest absolute Gasteiger partial charge is 0.355 e. The first kappa shape index (κ1) is 20.2. The molecule has 1 saturated heterocycles. The second kappa shape index (κ2) is 8.46. The third kappa shape index (κ3) is 3.87. The van der Waals surface area contributed by atoms with Crippen LogP contribution in [0.3, 0.4) is 0 Å². The highest BCUT2D eigenvalue weighted by Crippen LogP contribution is 2.30. The maximum atomic E-state index is 13.1. The number of amides is 1. The van der Waals surface area contributed by atoms with Crippen LogP contribution in [0.2, 0.25) is 5.02 Å². The summed E-state index contributed by atoms with van der Waals surface area (Å²) in [6.07, 6.45) is 7.84. The van der Waals surface area contributed by atoms with Gasteiger partial charge >= 0.3 is 0 Å². The van der Waals surface area contributed by atoms with Crippen molar-refractivity contribution in [1.29, 1.82) is 0 Å². The van der Waals surface area contributed by atoms with Crippen molar-refractivity contribution in [3.05, 3.63) is 41.4 Å². The molecule has 3 aromatic rings. The number of imidazole rings is 1. The molecule has 0 spiro atoms. The molecule has 1 fully saturated rings. The standard InChI is InChI=1S/C23H27ClN6O/c1-28(18-7-5-6-17(24)14-18)23(31)16-9-12-29(13-10-16)21-20-22(26-15-25-21)30-11-4-2-3-8-19(30)27-20/h5-7,14-16H,2-4,8-13H2,1H3. The summed E-state index contributed by atoms with van der Waals surface area (Å²) < 4.78 is 2.27. The van der Waals surface area contributed by atoms with E-state index in [4.69, 9.17) is 16.6 Å². The molecular formula is C23H27ClN6O. The number of piperidine rings is 1. The number of anilines is 2. The van der Waals surface area contributed by atoms with E-state index in [1.54, 1.807) is 11.2 Å². The zero-order valence-electron chi connectivity index (χ0n) is 17.8. The number of rotatable bonds is 3. The fourth-order valence-electron chi connectivity index (χ4n) is 4.78. The molecular weight excluding hydrogens is 412 g/mol. The number of hydrogen-bond donors (Lipinski definition) is 0. The van der Waals surface area contributed by atoms with E-state index >= 15 is 0 Å². The summed E-state index contributed by atoms with van der Waals surface area (Å²) in [6.45, 7) is 2.55. The summed E-state index contributed by atoms with van der Waals surface area (Å²) in [5.74, 6) is 2.17. The minimum atomic E-state index is -0.00345. The van der Waals surface area contributed by atoms with Gasteiger partial charge in [0.1, 0.15) is 12.2 Å². The third-order valence-electron chi connectivity index (χ3n) is 6.54. The van der Waals surface area contributed by atoms with Crippen LogP contribution < -0.4 is 9.80 Å². The van der Waals surface area contributed by atoms with Gasteiger partial charge in [0.05, 0.1) is 0 Å². The van der Waals surface area contributed by atoms with E-state index in [9.17, 15) is 4.79 Å². The van der Waals surface area contributed by atoms with Gasteiger partial charge in [-0.1, -0.05) is 24.1 Å². The smallest absolute Gasteiger partial charge is 0.229 e. The number of hydrogen-bond acceptors (Lipinski definition) is 5. The van der Waals surface area contributed by atoms with Crippen LogP contribution in [0.5, 0.6) is 0 Å². The molecule has 0 saturated carbocycles. The van der Waals surface area contributed by atoms with Crippen LogP contribution in [0.1, 0.15) is 37.9 Å². The van der Waals surface area contributed by atoms with Crippen molar-refractivity contribution in [1.82, 2.24) is 19.5 Å². The molecule has 4 heterocycles. The molecule has 2 aliphatic heterocycles. The molecule has 0 N–H and O–H groups in total. The summed E-state index contributed by atoms with van der Waals surface area (Å²) in [6, 6.07) is 7.44. The number of carbonyl (C=O) groups is 1. The first-order valence-corrected chi connectivity index (χ1v) is 11.5. The Morgan fingerprint density at radius 3 is 2.77 bits per heavy atom. The monoisotopic (exact) mass is 438 g/mol. The molecule has 2 aromatic heterocycles. The topological polar surface area (TPSA) is 67.2 Å². The van der Waals surface area contributed by atoms with Crippen molar-refractivity contribution in [2.75, 3.05) is 29.9 Å². The number of halogens is 1. The minimum Gasteiger partial charge on any atom is -0.355 e. The van der Waals surface area contributed by atoms with Gasteiger partial charge in [-0.3, -0.25) is 4.79 Å². The van der Waals surface area contributed by atoms with E-state index in [-0.39, 0.29) is 11.8 Å². The van der Waals surface area contributed by atoms with E-state index in [1.165, 1.54) is 19.3 Å². The first-order valence-electron chi connectivity index (χ1n) is 11.1. The summed E-state index contributed by atoms with van der Waals surface area (Å²) in [7, 11) is 1.83. The highest BCUT2D eigenvalue weighted by atomic mass is 35.5.